The molecule has 0 saturated heterocycles. The maximum atomic E-state index is 12.1. The largest absolute Gasteiger partial charge is 0.480 e. The third-order valence-electron chi connectivity index (χ3n) is 3.48. The van der Waals surface area contributed by atoms with Gasteiger partial charge < -0.3 is 10.4 Å². The van der Waals surface area contributed by atoms with Crippen LogP contribution in [0.4, 0.5) is 0 Å². The van der Waals surface area contributed by atoms with Gasteiger partial charge in [-0.3, -0.25) is 14.6 Å². The van der Waals surface area contributed by atoms with E-state index >= 15 is 0 Å². The van der Waals surface area contributed by atoms with Crippen LogP contribution >= 0.6 is 0 Å². The van der Waals surface area contributed by atoms with Crippen molar-refractivity contribution in [1.29, 1.82) is 0 Å². The second-order valence-corrected chi connectivity index (χ2v) is 4.90. The molecule has 0 aromatic carbocycles. The number of aromatic nitrogens is 1. The van der Waals surface area contributed by atoms with Crippen LogP contribution in [-0.4, -0.2) is 28.0 Å². The number of aliphatic carboxylic acids is 1. The maximum absolute atomic E-state index is 12.1. The Morgan fingerprint density at radius 3 is 2.63 bits per heavy atom. The van der Waals surface area contributed by atoms with E-state index in [0.29, 0.717) is 5.56 Å². The summed E-state index contributed by atoms with van der Waals surface area (Å²) < 4.78 is 0. The molecule has 1 aromatic rings. The monoisotopic (exact) mass is 262 g/mol. The maximum Gasteiger partial charge on any atom is 0.320 e. The number of nitrogens with zero attached hydrogens (tertiary/aromatic N) is 1. The summed E-state index contributed by atoms with van der Waals surface area (Å²) in [6.07, 6.45) is 8.24. The second kappa shape index (κ2) is 6.31. The molecule has 5 nitrogen and oxygen atoms in total. The number of pyridine rings is 1. The number of carboxylic acids is 1. The van der Waals surface area contributed by atoms with Crippen molar-refractivity contribution >= 4 is 11.9 Å². The van der Waals surface area contributed by atoms with Gasteiger partial charge in [0.25, 0.3) is 0 Å². The lowest BCUT2D eigenvalue weighted by atomic mass is 9.94. The predicted octanol–water partition coefficient (Wildman–Crippen LogP) is 1.70. The molecule has 1 fully saturated rings. The Morgan fingerprint density at radius 1 is 1.32 bits per heavy atom. The highest BCUT2D eigenvalue weighted by atomic mass is 16.4. The van der Waals surface area contributed by atoms with Crippen molar-refractivity contribution in [2.75, 3.05) is 0 Å². The fourth-order valence-electron chi connectivity index (χ4n) is 2.48. The van der Waals surface area contributed by atoms with Crippen LogP contribution < -0.4 is 5.32 Å². The molecule has 19 heavy (non-hydrogen) atoms. The lowest BCUT2D eigenvalue weighted by molar-refractivity contribution is -0.143. The summed E-state index contributed by atoms with van der Waals surface area (Å²) in [4.78, 5) is 27.3. The van der Waals surface area contributed by atoms with E-state index in [1.807, 2.05) is 0 Å². The van der Waals surface area contributed by atoms with Gasteiger partial charge in [0.2, 0.25) is 5.91 Å². The van der Waals surface area contributed by atoms with E-state index in [2.05, 4.69) is 10.3 Å². The van der Waals surface area contributed by atoms with Crippen LogP contribution in [0.25, 0.3) is 0 Å². The van der Waals surface area contributed by atoms with Crippen molar-refractivity contribution in [2.45, 2.75) is 44.1 Å². The van der Waals surface area contributed by atoms with Gasteiger partial charge in [-0.15, -0.1) is 0 Å². The number of hydrogen-bond acceptors (Lipinski definition) is 3. The minimum Gasteiger partial charge on any atom is -0.480 e. The summed E-state index contributed by atoms with van der Waals surface area (Å²) in [6, 6.07) is 3.37. The zero-order chi connectivity index (χ0) is 13.7. The number of carboxylic acid groups (broad SMARTS) is 1. The number of hydrogen-bond donors (Lipinski definition) is 2. The fourth-order valence-corrected chi connectivity index (χ4v) is 2.48. The van der Waals surface area contributed by atoms with E-state index in [4.69, 9.17) is 0 Å². The van der Waals surface area contributed by atoms with Crippen LogP contribution in [0.3, 0.4) is 0 Å². The minimum absolute atomic E-state index is 0.111. The van der Waals surface area contributed by atoms with Gasteiger partial charge in [0.1, 0.15) is 0 Å². The molecule has 2 N–H and O–H groups in total. The van der Waals surface area contributed by atoms with Crippen LogP contribution in [0.5, 0.6) is 0 Å². The molecule has 1 aliphatic carbocycles. The SMILES string of the molecule is O=C(O)C(C(=O)NC1CCCCC1)c1cccnc1. The van der Waals surface area contributed by atoms with Gasteiger partial charge in [-0.1, -0.05) is 25.3 Å². The molecular formula is C14H18N2O3. The first-order valence-electron chi connectivity index (χ1n) is 6.61. The molecule has 102 valence electrons. The third kappa shape index (κ3) is 3.53. The highest BCUT2D eigenvalue weighted by Crippen LogP contribution is 2.20. The molecule has 0 spiro atoms. The molecule has 2 rings (SSSR count). The summed E-state index contributed by atoms with van der Waals surface area (Å²) >= 11 is 0. The lowest BCUT2D eigenvalue weighted by Crippen LogP contribution is -2.41. The van der Waals surface area contributed by atoms with Crippen LogP contribution in [0, 0.1) is 0 Å². The molecule has 1 aromatic heterocycles. The second-order valence-electron chi connectivity index (χ2n) is 4.90. The molecule has 1 amide bonds. The molecule has 0 radical (unpaired) electrons. The Balaban J connectivity index is 2.06. The van der Waals surface area contributed by atoms with Gasteiger partial charge in [0, 0.05) is 18.4 Å². The standard InChI is InChI=1S/C14H18N2O3/c17-13(16-11-6-2-1-3-7-11)12(14(18)19)10-5-4-8-15-9-10/h4-5,8-9,11-12H,1-3,6-7H2,(H,16,17)(H,18,19). The molecule has 0 bridgehead atoms. The van der Waals surface area contributed by atoms with E-state index in [9.17, 15) is 14.7 Å². The molecule has 1 atom stereocenters. The number of rotatable bonds is 4. The Kier molecular flexibility index (Phi) is 4.49. The topological polar surface area (TPSA) is 79.3 Å². The smallest absolute Gasteiger partial charge is 0.320 e. The quantitative estimate of drug-likeness (QED) is 0.809. The summed E-state index contributed by atoms with van der Waals surface area (Å²) in [5.41, 5.74) is 0.420. The summed E-state index contributed by atoms with van der Waals surface area (Å²) in [5.74, 6) is -2.75. The van der Waals surface area contributed by atoms with Crippen LogP contribution in [-0.2, 0) is 9.59 Å². The molecule has 1 aliphatic rings. The van der Waals surface area contributed by atoms with Gasteiger partial charge in [0.15, 0.2) is 5.92 Å². The van der Waals surface area contributed by atoms with Gasteiger partial charge in [-0.25, -0.2) is 0 Å². The first kappa shape index (κ1) is 13.5. The number of carbonyl (C=O) groups excluding carboxylic acids is 1. The van der Waals surface area contributed by atoms with Crippen molar-refractivity contribution in [3.05, 3.63) is 30.1 Å². The Labute approximate surface area is 112 Å². The highest BCUT2D eigenvalue weighted by molar-refractivity contribution is 6.02. The number of carbonyl (C=O) groups is 2. The van der Waals surface area contributed by atoms with Gasteiger partial charge in [0.05, 0.1) is 0 Å². The Bertz CT molecular complexity index is 441. The van der Waals surface area contributed by atoms with Crippen molar-refractivity contribution in [3.8, 4) is 0 Å². The number of amides is 1. The predicted molar refractivity (Wildman–Crippen MR) is 69.6 cm³/mol. The van der Waals surface area contributed by atoms with Crippen molar-refractivity contribution in [3.63, 3.8) is 0 Å². The van der Waals surface area contributed by atoms with Crippen LogP contribution in [0.2, 0.25) is 0 Å². The Hall–Kier alpha value is -1.91. The average Bonchev–Trinajstić information content (AvgIpc) is 2.40. The van der Waals surface area contributed by atoms with E-state index in [1.54, 1.807) is 18.3 Å². The van der Waals surface area contributed by atoms with Gasteiger partial charge >= 0.3 is 5.97 Å². The van der Waals surface area contributed by atoms with Gasteiger partial charge in [-0.2, -0.15) is 0 Å². The van der Waals surface area contributed by atoms with Gasteiger partial charge in [-0.05, 0) is 24.5 Å². The van der Waals surface area contributed by atoms with E-state index in [1.165, 1.54) is 12.6 Å². The molecule has 1 heterocycles. The summed E-state index contributed by atoms with van der Waals surface area (Å²) in [6.45, 7) is 0. The van der Waals surface area contributed by atoms with Crippen molar-refractivity contribution < 1.29 is 14.7 Å². The van der Waals surface area contributed by atoms with Crippen LogP contribution in [0.1, 0.15) is 43.6 Å². The minimum atomic E-state index is -1.17. The molecular weight excluding hydrogens is 244 g/mol. The third-order valence-corrected chi connectivity index (χ3v) is 3.48. The zero-order valence-corrected chi connectivity index (χ0v) is 10.7. The van der Waals surface area contributed by atoms with E-state index in [-0.39, 0.29) is 6.04 Å². The summed E-state index contributed by atoms with van der Waals surface area (Å²) in [7, 11) is 0. The first-order valence-corrected chi connectivity index (χ1v) is 6.61. The van der Waals surface area contributed by atoms with Crippen molar-refractivity contribution in [2.24, 2.45) is 0 Å². The number of nitrogens with one attached hydrogen (secondary N) is 1. The Morgan fingerprint density at radius 2 is 2.05 bits per heavy atom. The van der Waals surface area contributed by atoms with Crippen molar-refractivity contribution in [1.82, 2.24) is 10.3 Å². The average molecular weight is 262 g/mol. The highest BCUT2D eigenvalue weighted by Gasteiger charge is 2.30. The van der Waals surface area contributed by atoms with Crippen LogP contribution in [0.15, 0.2) is 24.5 Å². The molecule has 0 aliphatic heterocycles. The lowest BCUT2D eigenvalue weighted by Gasteiger charge is -2.24. The molecule has 1 unspecified atom stereocenters. The summed E-state index contributed by atoms with van der Waals surface area (Å²) in [5, 5.41) is 12.1. The normalized spacial score (nSPS) is 17.7. The fraction of sp³-hybridized carbons (Fsp3) is 0.500. The van der Waals surface area contributed by atoms with E-state index < -0.39 is 17.8 Å². The van der Waals surface area contributed by atoms with E-state index in [0.717, 1.165) is 25.7 Å². The molecule has 1 saturated carbocycles. The first-order chi connectivity index (χ1) is 9.18. The molecule has 5 heteroatoms. The zero-order valence-electron chi connectivity index (χ0n) is 10.7.